The molecule has 1 aliphatic carbocycles. The zero-order valence-corrected chi connectivity index (χ0v) is 12.6. The highest BCUT2D eigenvalue weighted by atomic mass is 14.9. The molecule has 1 aliphatic heterocycles. The molecule has 1 fully saturated rings. The van der Waals surface area contributed by atoms with E-state index < -0.39 is 0 Å². The van der Waals surface area contributed by atoms with Gasteiger partial charge in [0, 0.05) is 23.2 Å². The second-order valence-electron chi connectivity index (χ2n) is 6.85. The lowest BCUT2D eigenvalue weighted by Crippen LogP contribution is -2.52. The first-order valence-electron chi connectivity index (χ1n) is 7.80. The summed E-state index contributed by atoms with van der Waals surface area (Å²) in [6.07, 6.45) is 5.94. The smallest absolute Gasteiger partial charge is 0.116 e. The van der Waals surface area contributed by atoms with E-state index >= 15 is 0 Å². The monoisotopic (exact) mass is 279 g/mol. The first-order valence-corrected chi connectivity index (χ1v) is 7.80. The number of hydrogen-bond acceptors (Lipinski definition) is 3. The summed E-state index contributed by atoms with van der Waals surface area (Å²) in [5, 5.41) is 3.71. The lowest BCUT2D eigenvalue weighted by molar-refractivity contribution is 0.236. The van der Waals surface area contributed by atoms with Gasteiger partial charge in [0.05, 0.1) is 5.69 Å². The third-order valence-corrected chi connectivity index (χ3v) is 5.34. The van der Waals surface area contributed by atoms with E-state index in [4.69, 9.17) is 0 Å². The number of piperidine rings is 1. The van der Waals surface area contributed by atoms with Crippen LogP contribution in [0.15, 0.2) is 36.8 Å². The van der Waals surface area contributed by atoms with E-state index in [1.54, 1.807) is 6.33 Å². The van der Waals surface area contributed by atoms with Crippen molar-refractivity contribution in [2.75, 3.05) is 6.54 Å². The van der Waals surface area contributed by atoms with Crippen LogP contribution in [0.2, 0.25) is 0 Å². The second-order valence-corrected chi connectivity index (χ2v) is 6.85. The molecule has 2 aliphatic rings. The molecule has 0 amide bonds. The summed E-state index contributed by atoms with van der Waals surface area (Å²) in [7, 11) is 0. The predicted molar refractivity (Wildman–Crippen MR) is 84.3 cm³/mol. The highest BCUT2D eigenvalue weighted by molar-refractivity contribution is 5.62. The maximum atomic E-state index is 4.39. The first kappa shape index (κ1) is 13.0. The van der Waals surface area contributed by atoms with Gasteiger partial charge in [-0.3, -0.25) is 0 Å². The molecule has 2 bridgehead atoms. The Labute approximate surface area is 125 Å². The van der Waals surface area contributed by atoms with Crippen LogP contribution >= 0.6 is 0 Å². The molecule has 1 aromatic heterocycles. The van der Waals surface area contributed by atoms with Crippen molar-refractivity contribution in [2.45, 2.75) is 44.1 Å². The Balaban J connectivity index is 1.85. The van der Waals surface area contributed by atoms with Gasteiger partial charge in [0.2, 0.25) is 0 Å². The lowest BCUT2D eigenvalue weighted by Gasteiger charge is -2.47. The topological polar surface area (TPSA) is 37.8 Å². The quantitative estimate of drug-likeness (QED) is 0.870. The summed E-state index contributed by atoms with van der Waals surface area (Å²) in [5.41, 5.74) is 5.48. The minimum absolute atomic E-state index is 0.205. The van der Waals surface area contributed by atoms with Crippen molar-refractivity contribution in [3.05, 3.63) is 47.9 Å². The van der Waals surface area contributed by atoms with E-state index in [2.05, 4.69) is 47.3 Å². The normalized spacial score (nSPS) is 26.2. The van der Waals surface area contributed by atoms with E-state index in [-0.39, 0.29) is 5.41 Å². The van der Waals surface area contributed by atoms with E-state index in [1.807, 2.05) is 12.3 Å². The van der Waals surface area contributed by atoms with Crippen molar-refractivity contribution in [3.63, 3.8) is 0 Å². The fourth-order valence-electron chi connectivity index (χ4n) is 4.05. The van der Waals surface area contributed by atoms with Gasteiger partial charge in [-0.05, 0) is 48.6 Å². The molecular weight excluding hydrogens is 258 g/mol. The van der Waals surface area contributed by atoms with Crippen LogP contribution in [0.4, 0.5) is 0 Å². The molecule has 2 atom stereocenters. The fraction of sp³-hybridized carbons (Fsp3) is 0.444. The van der Waals surface area contributed by atoms with Crippen molar-refractivity contribution in [3.8, 4) is 11.3 Å². The number of nitrogens with zero attached hydrogens (tertiary/aromatic N) is 2. The van der Waals surface area contributed by atoms with Crippen molar-refractivity contribution >= 4 is 0 Å². The summed E-state index contributed by atoms with van der Waals surface area (Å²) >= 11 is 0. The number of nitrogens with one attached hydrogen (secondary N) is 1. The standard InChI is InChI=1S/C18H21N3/c1-18(2)15-4-3-13(16-6-7-19-11-21-16)9-14(15)12-5-8-20-17(18)10-12/h3-4,6-7,9,11-12,17,20H,5,8,10H2,1-2H3. The molecule has 2 aromatic rings. The van der Waals surface area contributed by atoms with E-state index in [0.717, 1.165) is 12.2 Å². The van der Waals surface area contributed by atoms with Crippen LogP contribution in [0.25, 0.3) is 11.3 Å². The summed E-state index contributed by atoms with van der Waals surface area (Å²) in [4.78, 5) is 8.40. The first-order chi connectivity index (χ1) is 10.2. The maximum Gasteiger partial charge on any atom is 0.116 e. The average Bonchev–Trinajstić information content (AvgIpc) is 2.54. The van der Waals surface area contributed by atoms with Crippen molar-refractivity contribution in [1.82, 2.24) is 15.3 Å². The molecule has 2 heterocycles. The van der Waals surface area contributed by atoms with E-state index in [0.29, 0.717) is 12.0 Å². The average molecular weight is 279 g/mol. The zero-order valence-electron chi connectivity index (χ0n) is 12.6. The molecule has 1 saturated heterocycles. The highest BCUT2D eigenvalue weighted by Crippen LogP contribution is 2.46. The molecule has 21 heavy (non-hydrogen) atoms. The molecule has 108 valence electrons. The molecule has 0 saturated carbocycles. The molecule has 4 rings (SSSR count). The van der Waals surface area contributed by atoms with E-state index in [9.17, 15) is 0 Å². The molecule has 0 radical (unpaired) electrons. The predicted octanol–water partition coefficient (Wildman–Crippen LogP) is 3.27. The summed E-state index contributed by atoms with van der Waals surface area (Å²) < 4.78 is 0. The van der Waals surface area contributed by atoms with Crippen LogP contribution in [0.5, 0.6) is 0 Å². The van der Waals surface area contributed by atoms with Gasteiger partial charge in [0.1, 0.15) is 6.33 Å². The van der Waals surface area contributed by atoms with Crippen LogP contribution in [0.1, 0.15) is 43.7 Å². The Morgan fingerprint density at radius 1 is 1.24 bits per heavy atom. The van der Waals surface area contributed by atoms with Gasteiger partial charge in [-0.1, -0.05) is 26.0 Å². The van der Waals surface area contributed by atoms with E-state index in [1.165, 1.54) is 29.5 Å². The Bertz CT molecular complexity index is 663. The number of hydrogen-bond donors (Lipinski definition) is 1. The molecule has 1 N–H and O–H groups in total. The Kier molecular flexibility index (Phi) is 2.86. The second kappa shape index (κ2) is 4.63. The molecule has 1 aromatic carbocycles. The number of rotatable bonds is 1. The van der Waals surface area contributed by atoms with Gasteiger partial charge in [0.25, 0.3) is 0 Å². The van der Waals surface area contributed by atoms with Gasteiger partial charge < -0.3 is 5.32 Å². The van der Waals surface area contributed by atoms with Crippen LogP contribution < -0.4 is 5.32 Å². The number of fused-ring (bicyclic) bond motifs is 4. The van der Waals surface area contributed by atoms with Gasteiger partial charge >= 0.3 is 0 Å². The summed E-state index contributed by atoms with van der Waals surface area (Å²) in [6.45, 7) is 5.88. The molecular formula is C18H21N3. The van der Waals surface area contributed by atoms with Crippen LogP contribution in [-0.4, -0.2) is 22.6 Å². The summed E-state index contributed by atoms with van der Waals surface area (Å²) in [5.74, 6) is 0.695. The largest absolute Gasteiger partial charge is 0.313 e. The molecule has 3 nitrogen and oxygen atoms in total. The van der Waals surface area contributed by atoms with Gasteiger partial charge in [-0.25, -0.2) is 9.97 Å². The van der Waals surface area contributed by atoms with Crippen LogP contribution in [0.3, 0.4) is 0 Å². The SMILES string of the molecule is CC1(C)c2ccc(-c3ccncn3)cc2C2CCNC1C2. The van der Waals surface area contributed by atoms with Gasteiger partial charge in [-0.15, -0.1) is 0 Å². The Hall–Kier alpha value is -1.74. The highest BCUT2D eigenvalue weighted by Gasteiger charge is 2.42. The molecule has 0 spiro atoms. The van der Waals surface area contributed by atoms with Gasteiger partial charge in [0.15, 0.2) is 0 Å². The zero-order chi connectivity index (χ0) is 14.4. The third-order valence-electron chi connectivity index (χ3n) is 5.34. The van der Waals surface area contributed by atoms with Crippen LogP contribution in [0, 0.1) is 0 Å². The minimum atomic E-state index is 0.205. The fourth-order valence-corrected chi connectivity index (χ4v) is 4.05. The van der Waals surface area contributed by atoms with Crippen molar-refractivity contribution < 1.29 is 0 Å². The Morgan fingerprint density at radius 2 is 2.14 bits per heavy atom. The number of benzene rings is 1. The Morgan fingerprint density at radius 3 is 2.95 bits per heavy atom. The lowest BCUT2D eigenvalue weighted by atomic mass is 9.63. The number of aromatic nitrogens is 2. The van der Waals surface area contributed by atoms with Crippen molar-refractivity contribution in [2.24, 2.45) is 0 Å². The van der Waals surface area contributed by atoms with Gasteiger partial charge in [-0.2, -0.15) is 0 Å². The van der Waals surface area contributed by atoms with Crippen molar-refractivity contribution in [1.29, 1.82) is 0 Å². The third kappa shape index (κ3) is 1.99. The van der Waals surface area contributed by atoms with Crippen LogP contribution in [-0.2, 0) is 5.41 Å². The maximum absolute atomic E-state index is 4.39. The summed E-state index contributed by atoms with van der Waals surface area (Å²) in [6, 6.07) is 9.49. The molecule has 2 unspecified atom stereocenters. The minimum Gasteiger partial charge on any atom is -0.313 e. The molecule has 3 heteroatoms.